The predicted octanol–water partition coefficient (Wildman–Crippen LogP) is -2.28. The van der Waals surface area contributed by atoms with Gasteiger partial charge >= 0.3 is 23.1 Å². The summed E-state index contributed by atoms with van der Waals surface area (Å²) in [6, 6.07) is 0. The Morgan fingerprint density at radius 1 is 1.12 bits per heavy atom. The van der Waals surface area contributed by atoms with Crippen molar-refractivity contribution in [1.29, 1.82) is 0 Å². The van der Waals surface area contributed by atoms with E-state index in [1.54, 1.807) is 0 Å². The molecule has 0 saturated heterocycles. The minimum Gasteiger partial charge on any atom is -0.870 e. The molecule has 0 unspecified atom stereocenters. The van der Waals surface area contributed by atoms with Gasteiger partial charge in [-0.3, -0.25) is 8.42 Å². The molecule has 0 bridgehead atoms. The van der Waals surface area contributed by atoms with E-state index in [-0.39, 0.29) is 45.9 Å². The van der Waals surface area contributed by atoms with Crippen molar-refractivity contribution in [1.82, 2.24) is 0 Å². The molecule has 1 N–H and O–H groups in total. The second-order valence-corrected chi connectivity index (χ2v) is 1.22. The van der Waals surface area contributed by atoms with Crippen molar-refractivity contribution in [2.45, 2.75) is 0 Å². The van der Waals surface area contributed by atoms with Gasteiger partial charge < -0.3 is 14.6 Å². The Hall–Kier alpha value is 1.13. The largest absolute Gasteiger partial charge is 2.00 e. The zero-order chi connectivity index (χ0) is 4.50. The zero-order valence-electron chi connectivity index (χ0n) is 3.77. The third-order valence-corrected chi connectivity index (χ3v) is 0. The van der Waals surface area contributed by atoms with Gasteiger partial charge in [-0.15, -0.1) is 0 Å². The van der Waals surface area contributed by atoms with Crippen LogP contribution in [0.15, 0.2) is 0 Å². The molecule has 5 nitrogen and oxygen atoms in total. The second-order valence-electron chi connectivity index (χ2n) is 0.408. The predicted molar refractivity (Wildman–Crippen MR) is 23.9 cm³/mol. The van der Waals surface area contributed by atoms with E-state index in [0.29, 0.717) is 0 Å². The van der Waals surface area contributed by atoms with E-state index in [4.69, 9.17) is 17.5 Å². The summed E-state index contributed by atoms with van der Waals surface area (Å²) in [6.07, 6.45) is 0. The summed E-state index contributed by atoms with van der Waals surface area (Å²) in [7, 11) is -5.17. The van der Waals surface area contributed by atoms with Gasteiger partial charge in [0.15, 0.2) is 0 Å². The van der Waals surface area contributed by atoms with Gasteiger partial charge in [0.1, 0.15) is 0 Å². The van der Waals surface area contributed by atoms with Gasteiger partial charge in [0.05, 0.1) is 0 Å². The fourth-order valence-electron chi connectivity index (χ4n) is 0. The van der Waals surface area contributed by atoms with Gasteiger partial charge in [-0.2, -0.15) is 0 Å². The quantitative estimate of drug-likeness (QED) is 0.228. The first-order valence-electron chi connectivity index (χ1n) is 0.667. The standard InChI is InChI=1S/Al.Mg.H2O4S.H2O/c;;1-5(2,3)4;/h;;(H2,1,2,3,4);1H2/q;+2;;/p-3. The van der Waals surface area contributed by atoms with Gasteiger partial charge in [0.25, 0.3) is 0 Å². The number of hydrogen-bond donors (Lipinski definition) is 0. The van der Waals surface area contributed by atoms with E-state index in [0.717, 1.165) is 0 Å². The maximum atomic E-state index is 8.52. The monoisotopic (exact) mass is 164 g/mol. The Kier molecular flexibility index (Phi) is 23.3. The van der Waals surface area contributed by atoms with Crippen LogP contribution < -0.4 is 0 Å². The molecule has 0 aliphatic carbocycles. The summed E-state index contributed by atoms with van der Waals surface area (Å²) >= 11 is 0. The fraction of sp³-hybridized carbons (Fsp3) is 0. The molecule has 0 atom stereocenters. The summed E-state index contributed by atoms with van der Waals surface area (Å²) in [4.78, 5) is 0. The summed E-state index contributed by atoms with van der Waals surface area (Å²) in [5.74, 6) is 0. The van der Waals surface area contributed by atoms with E-state index < -0.39 is 10.4 Å². The first-order valence-corrected chi connectivity index (χ1v) is 2.00. The first kappa shape index (κ1) is 22.9. The number of hydrogen-bond acceptors (Lipinski definition) is 5. The smallest absolute Gasteiger partial charge is 0.870 e. The molecule has 0 aromatic carbocycles. The molecule has 0 aromatic heterocycles. The van der Waals surface area contributed by atoms with Crippen LogP contribution in [0.5, 0.6) is 0 Å². The van der Waals surface area contributed by atoms with Crippen LogP contribution in [-0.4, -0.2) is 63.4 Å². The molecule has 3 radical (unpaired) electrons. The average molecular weight is 164 g/mol. The van der Waals surface area contributed by atoms with Crippen molar-refractivity contribution in [3.05, 3.63) is 0 Å². The Labute approximate surface area is 73.6 Å². The summed E-state index contributed by atoms with van der Waals surface area (Å²) in [6.45, 7) is 0. The van der Waals surface area contributed by atoms with Crippen LogP contribution in [0.25, 0.3) is 0 Å². The Balaban J connectivity index is -0.0000000267. The second kappa shape index (κ2) is 8.13. The van der Waals surface area contributed by atoms with Gasteiger partial charge in [-0.1, -0.05) is 0 Å². The molecule has 0 amide bonds. The average Bonchev–Trinajstić information content (AvgIpc) is 0.722. The third-order valence-electron chi connectivity index (χ3n) is 0. The Morgan fingerprint density at radius 3 is 1.12 bits per heavy atom. The molecule has 0 spiro atoms. The van der Waals surface area contributed by atoms with E-state index >= 15 is 0 Å². The molecular weight excluding hydrogens is 163 g/mol. The first-order chi connectivity index (χ1) is 2.00. The molecule has 0 aliphatic rings. The van der Waals surface area contributed by atoms with Crippen molar-refractivity contribution >= 4 is 50.8 Å². The van der Waals surface area contributed by atoms with Crippen molar-refractivity contribution in [2.24, 2.45) is 0 Å². The molecule has 8 heteroatoms. The third kappa shape index (κ3) is 210. The van der Waals surface area contributed by atoms with Crippen LogP contribution in [0.1, 0.15) is 0 Å². The van der Waals surface area contributed by atoms with Gasteiger partial charge in [-0.25, -0.2) is 0 Å². The van der Waals surface area contributed by atoms with Gasteiger partial charge in [-0.05, 0) is 0 Å². The molecule has 0 fully saturated rings. The minimum absolute atomic E-state index is 0. The molecule has 0 rings (SSSR count). The van der Waals surface area contributed by atoms with Crippen LogP contribution >= 0.6 is 0 Å². The van der Waals surface area contributed by atoms with E-state index in [1.807, 2.05) is 0 Å². The molecule has 8 heavy (non-hydrogen) atoms. The van der Waals surface area contributed by atoms with Crippen LogP contribution in [0.3, 0.4) is 0 Å². The fourth-order valence-corrected chi connectivity index (χ4v) is 0. The Morgan fingerprint density at radius 2 is 1.12 bits per heavy atom. The van der Waals surface area contributed by atoms with Gasteiger partial charge in [0.2, 0.25) is 0 Å². The maximum Gasteiger partial charge on any atom is 2.00 e. The molecular formula is HAlMgO5S-. The van der Waals surface area contributed by atoms with Crippen LogP contribution in [-0.2, 0) is 10.4 Å². The van der Waals surface area contributed by atoms with Crippen molar-refractivity contribution in [2.75, 3.05) is 0 Å². The van der Waals surface area contributed by atoms with Crippen molar-refractivity contribution < 1.29 is 23.0 Å². The topological polar surface area (TPSA) is 110 Å². The number of rotatable bonds is 0. The maximum absolute atomic E-state index is 8.52. The van der Waals surface area contributed by atoms with Crippen molar-refractivity contribution in [3.8, 4) is 0 Å². The Bertz CT molecular complexity index is 95.6. The normalized spacial score (nSPS) is 7.25. The summed E-state index contributed by atoms with van der Waals surface area (Å²) in [5.41, 5.74) is 0. The molecule has 0 saturated carbocycles. The SMILES string of the molecule is O=S(=O)([O-])[O-].[Al].[Mg+2].[OH-]. The van der Waals surface area contributed by atoms with Crippen LogP contribution in [0, 0.1) is 0 Å². The van der Waals surface area contributed by atoms with E-state index in [1.165, 1.54) is 0 Å². The van der Waals surface area contributed by atoms with Gasteiger partial charge in [0, 0.05) is 27.8 Å². The molecule has 43 valence electrons. The van der Waals surface area contributed by atoms with E-state index in [9.17, 15) is 0 Å². The summed E-state index contributed by atoms with van der Waals surface area (Å²) < 4.78 is 34.1. The van der Waals surface area contributed by atoms with E-state index in [2.05, 4.69) is 0 Å². The van der Waals surface area contributed by atoms with Crippen LogP contribution in [0.4, 0.5) is 0 Å². The molecule has 0 aliphatic heterocycles. The zero-order valence-corrected chi connectivity index (χ0v) is 7.16. The minimum atomic E-state index is -5.17. The van der Waals surface area contributed by atoms with Crippen molar-refractivity contribution in [3.63, 3.8) is 0 Å². The molecule has 0 heterocycles. The molecule has 0 aromatic rings. The van der Waals surface area contributed by atoms with Crippen LogP contribution in [0.2, 0.25) is 0 Å². The summed E-state index contributed by atoms with van der Waals surface area (Å²) in [5, 5.41) is 0.